The Kier molecular flexibility index (Phi) is 7.75. The van der Waals surface area contributed by atoms with Crippen LogP contribution in [0.15, 0.2) is 30.3 Å². The molecule has 3 rings (SSSR count). The number of carboxylic acid groups (broad SMARTS) is 1. The van der Waals surface area contributed by atoms with Gasteiger partial charge in [-0.1, -0.05) is 54.9 Å². The molecule has 1 heterocycles. The number of hydrogen-bond acceptors (Lipinski definition) is 5. The van der Waals surface area contributed by atoms with Gasteiger partial charge in [-0.25, -0.2) is 0 Å². The van der Waals surface area contributed by atoms with Crippen LogP contribution in [0.3, 0.4) is 0 Å². The number of amides is 2. The third-order valence-electron chi connectivity index (χ3n) is 6.28. The summed E-state index contributed by atoms with van der Waals surface area (Å²) in [6, 6.07) is 8.67. The Morgan fingerprint density at radius 2 is 1.81 bits per heavy atom. The monoisotopic (exact) mass is 446 g/mol. The third kappa shape index (κ3) is 5.87. The molecule has 2 N–H and O–H groups in total. The maximum absolute atomic E-state index is 13.4. The summed E-state index contributed by atoms with van der Waals surface area (Å²) < 4.78 is 0. The zero-order valence-electron chi connectivity index (χ0n) is 17.8. The Morgan fingerprint density at radius 3 is 2.42 bits per heavy atom. The molecule has 1 aliphatic carbocycles. The SMILES string of the molecule is CC(=O)S[C@@H](Cc1ccccc1)C(=O)NC1CCCC2(CCCC2)N(CC(=O)O)C1=O. The van der Waals surface area contributed by atoms with Crippen LogP contribution in [0, 0.1) is 0 Å². The van der Waals surface area contributed by atoms with Gasteiger partial charge in [0.05, 0.1) is 5.25 Å². The lowest BCUT2D eigenvalue weighted by Gasteiger charge is -2.40. The number of nitrogens with zero attached hydrogens (tertiary/aromatic N) is 1. The molecule has 168 valence electrons. The second-order valence-electron chi connectivity index (χ2n) is 8.49. The predicted octanol–water partition coefficient (Wildman–Crippen LogP) is 2.77. The lowest BCUT2D eigenvalue weighted by molar-refractivity contribution is -0.150. The number of rotatable bonds is 7. The summed E-state index contributed by atoms with van der Waals surface area (Å²) in [6.07, 6.45) is 5.94. The summed E-state index contributed by atoms with van der Waals surface area (Å²) >= 11 is 0.958. The summed E-state index contributed by atoms with van der Waals surface area (Å²) in [4.78, 5) is 51.2. The van der Waals surface area contributed by atoms with Crippen molar-refractivity contribution in [3.05, 3.63) is 35.9 Å². The highest BCUT2D eigenvalue weighted by molar-refractivity contribution is 8.14. The van der Waals surface area contributed by atoms with E-state index in [4.69, 9.17) is 0 Å². The number of nitrogens with one attached hydrogen (secondary N) is 1. The Morgan fingerprint density at radius 1 is 1.16 bits per heavy atom. The molecule has 1 aromatic carbocycles. The molecule has 1 saturated carbocycles. The average molecular weight is 447 g/mol. The number of likely N-dealkylation sites (tertiary alicyclic amines) is 1. The largest absolute Gasteiger partial charge is 0.480 e. The van der Waals surface area contributed by atoms with Crippen molar-refractivity contribution in [2.75, 3.05) is 6.54 Å². The third-order valence-corrected chi connectivity index (χ3v) is 7.28. The van der Waals surface area contributed by atoms with Gasteiger partial charge in [0.2, 0.25) is 11.8 Å². The van der Waals surface area contributed by atoms with Gasteiger partial charge in [0.25, 0.3) is 0 Å². The first-order valence-electron chi connectivity index (χ1n) is 10.9. The summed E-state index contributed by atoms with van der Waals surface area (Å²) in [5.41, 5.74) is 0.521. The first-order valence-corrected chi connectivity index (χ1v) is 11.7. The van der Waals surface area contributed by atoms with Crippen LogP contribution < -0.4 is 5.32 Å². The highest BCUT2D eigenvalue weighted by Gasteiger charge is 2.46. The minimum absolute atomic E-state index is 0.166. The topological polar surface area (TPSA) is 104 Å². The number of aliphatic carboxylic acids is 1. The van der Waals surface area contributed by atoms with Gasteiger partial charge in [0.15, 0.2) is 5.12 Å². The molecule has 8 heteroatoms. The van der Waals surface area contributed by atoms with E-state index in [9.17, 15) is 24.3 Å². The van der Waals surface area contributed by atoms with Crippen LogP contribution in [0.2, 0.25) is 0 Å². The fourth-order valence-electron chi connectivity index (χ4n) is 4.86. The van der Waals surface area contributed by atoms with Crippen LogP contribution in [0.1, 0.15) is 57.4 Å². The zero-order valence-corrected chi connectivity index (χ0v) is 18.7. The molecule has 2 amide bonds. The quantitative estimate of drug-likeness (QED) is 0.668. The molecule has 1 saturated heterocycles. The van der Waals surface area contributed by atoms with E-state index in [1.165, 1.54) is 11.8 Å². The van der Waals surface area contributed by atoms with E-state index in [1.807, 2.05) is 30.3 Å². The smallest absolute Gasteiger partial charge is 0.323 e. The van der Waals surface area contributed by atoms with Crippen molar-refractivity contribution in [3.8, 4) is 0 Å². The second-order valence-corrected chi connectivity index (χ2v) is 9.87. The van der Waals surface area contributed by atoms with Crippen molar-refractivity contribution in [3.63, 3.8) is 0 Å². The second kappa shape index (κ2) is 10.3. The summed E-state index contributed by atoms with van der Waals surface area (Å²) in [6.45, 7) is 1.08. The maximum Gasteiger partial charge on any atom is 0.323 e. The minimum atomic E-state index is -1.04. The Bertz CT molecular complexity index is 823. The van der Waals surface area contributed by atoms with Crippen LogP contribution in [0.4, 0.5) is 0 Å². The van der Waals surface area contributed by atoms with Crippen molar-refractivity contribution in [2.24, 2.45) is 0 Å². The van der Waals surface area contributed by atoms with Crippen molar-refractivity contribution in [1.82, 2.24) is 10.2 Å². The van der Waals surface area contributed by atoms with Gasteiger partial charge in [-0.2, -0.15) is 0 Å². The van der Waals surface area contributed by atoms with Gasteiger partial charge in [-0.3, -0.25) is 19.2 Å². The summed E-state index contributed by atoms with van der Waals surface area (Å²) in [5, 5.41) is 11.4. The van der Waals surface area contributed by atoms with Crippen LogP contribution >= 0.6 is 11.8 Å². The fraction of sp³-hybridized carbons (Fsp3) is 0.565. The molecular formula is C23H30N2O5S. The van der Waals surface area contributed by atoms with Crippen LogP contribution in [0.25, 0.3) is 0 Å². The van der Waals surface area contributed by atoms with Gasteiger partial charge in [-0.05, 0) is 44.1 Å². The van der Waals surface area contributed by atoms with Crippen molar-refractivity contribution in [2.45, 2.75) is 75.1 Å². The van der Waals surface area contributed by atoms with Crippen molar-refractivity contribution >= 4 is 34.7 Å². The molecule has 2 aliphatic rings. The molecule has 31 heavy (non-hydrogen) atoms. The molecule has 0 radical (unpaired) electrons. The summed E-state index contributed by atoms with van der Waals surface area (Å²) in [7, 11) is 0. The minimum Gasteiger partial charge on any atom is -0.480 e. The number of thioether (sulfide) groups is 1. The first-order chi connectivity index (χ1) is 14.8. The molecule has 2 atom stereocenters. The van der Waals surface area contributed by atoms with Crippen LogP contribution in [-0.4, -0.2) is 56.3 Å². The average Bonchev–Trinajstić information content (AvgIpc) is 3.16. The molecular weight excluding hydrogens is 416 g/mol. The van der Waals surface area contributed by atoms with Crippen LogP contribution in [0.5, 0.6) is 0 Å². The van der Waals surface area contributed by atoms with E-state index in [-0.39, 0.29) is 23.5 Å². The van der Waals surface area contributed by atoms with E-state index in [0.717, 1.165) is 55.9 Å². The number of carbonyl (C=O) groups excluding carboxylic acids is 3. The number of hydrogen-bond donors (Lipinski definition) is 2. The normalized spacial score (nSPS) is 21.5. The fourth-order valence-corrected chi connectivity index (χ4v) is 5.72. The Hall–Kier alpha value is -2.35. The Labute approximate surface area is 186 Å². The van der Waals surface area contributed by atoms with E-state index in [0.29, 0.717) is 12.8 Å². The standard InChI is InChI=1S/C23H30N2O5S/c1-16(26)31-19(14-17-8-3-2-4-9-17)21(29)24-18-10-7-13-23(11-5-6-12-23)25(22(18)30)15-20(27)28/h2-4,8-9,18-19H,5-7,10-15H2,1H3,(H,24,29)(H,27,28)/t18?,19-/m0/s1. The van der Waals surface area contributed by atoms with Crippen molar-refractivity contribution < 1.29 is 24.3 Å². The predicted molar refractivity (Wildman–Crippen MR) is 119 cm³/mol. The molecule has 0 aromatic heterocycles. The van der Waals surface area contributed by atoms with Gasteiger partial charge < -0.3 is 15.3 Å². The highest BCUT2D eigenvalue weighted by atomic mass is 32.2. The molecule has 1 aliphatic heterocycles. The van der Waals surface area contributed by atoms with E-state index in [1.54, 1.807) is 0 Å². The molecule has 1 aromatic rings. The van der Waals surface area contributed by atoms with Gasteiger partial charge in [0.1, 0.15) is 12.6 Å². The zero-order chi connectivity index (χ0) is 22.4. The molecule has 7 nitrogen and oxygen atoms in total. The molecule has 1 spiro atoms. The van der Waals surface area contributed by atoms with Gasteiger partial charge >= 0.3 is 5.97 Å². The van der Waals surface area contributed by atoms with E-state index < -0.39 is 22.8 Å². The van der Waals surface area contributed by atoms with E-state index >= 15 is 0 Å². The molecule has 1 unspecified atom stereocenters. The lowest BCUT2D eigenvalue weighted by atomic mass is 9.90. The van der Waals surface area contributed by atoms with Crippen LogP contribution in [-0.2, 0) is 25.6 Å². The Balaban J connectivity index is 1.76. The lowest BCUT2D eigenvalue weighted by Crippen LogP contribution is -2.57. The number of benzene rings is 1. The molecule has 2 fully saturated rings. The van der Waals surface area contributed by atoms with Crippen molar-refractivity contribution in [1.29, 1.82) is 0 Å². The van der Waals surface area contributed by atoms with E-state index in [2.05, 4.69) is 5.32 Å². The maximum atomic E-state index is 13.4. The van der Waals surface area contributed by atoms with Gasteiger partial charge in [-0.15, -0.1) is 0 Å². The summed E-state index contributed by atoms with van der Waals surface area (Å²) in [5.74, 6) is -1.72. The number of carboxylic acids is 1. The highest BCUT2D eigenvalue weighted by Crippen LogP contribution is 2.41. The number of carbonyl (C=O) groups is 4. The molecule has 0 bridgehead atoms. The van der Waals surface area contributed by atoms with Gasteiger partial charge in [0, 0.05) is 12.5 Å². The first kappa shape index (κ1) is 23.3.